The molecule has 0 saturated carbocycles. The maximum Gasteiger partial charge on any atom is 0.313 e. The highest BCUT2D eigenvalue weighted by Crippen LogP contribution is 2.26. The van der Waals surface area contributed by atoms with E-state index in [4.69, 9.17) is 11.6 Å². The van der Waals surface area contributed by atoms with Crippen LogP contribution in [0.25, 0.3) is 0 Å². The number of hydrogen-bond acceptors (Lipinski definition) is 4. The number of rotatable bonds is 2. The van der Waals surface area contributed by atoms with Gasteiger partial charge in [-0.1, -0.05) is 11.6 Å². The van der Waals surface area contributed by atoms with Gasteiger partial charge in [-0.05, 0) is 54.4 Å². The van der Waals surface area contributed by atoms with Crippen LogP contribution in [0.15, 0.2) is 36.4 Å². The highest BCUT2D eigenvalue weighted by molar-refractivity contribution is 6.39. The zero-order chi connectivity index (χ0) is 20.5. The summed E-state index contributed by atoms with van der Waals surface area (Å²) in [7, 11) is 0. The van der Waals surface area contributed by atoms with Crippen molar-refractivity contribution < 1.29 is 14.4 Å². The average Bonchev–Trinajstić information content (AvgIpc) is 3.09. The fraction of sp³-hybridized carbons (Fsp3) is 0.286. The van der Waals surface area contributed by atoms with Crippen molar-refractivity contribution in [2.75, 3.05) is 41.7 Å². The number of anilines is 3. The maximum atomic E-state index is 12.5. The van der Waals surface area contributed by atoms with Gasteiger partial charge in [0.05, 0.1) is 6.42 Å². The number of halogens is 1. The number of benzene rings is 2. The molecule has 150 valence electrons. The molecule has 0 spiro atoms. The summed E-state index contributed by atoms with van der Waals surface area (Å²) in [6.45, 7) is 4.19. The molecule has 2 aromatic rings. The molecule has 2 aliphatic rings. The second-order valence-corrected chi connectivity index (χ2v) is 7.67. The van der Waals surface area contributed by atoms with Gasteiger partial charge in [-0.2, -0.15) is 0 Å². The lowest BCUT2D eigenvalue weighted by Crippen LogP contribution is -2.51. The average molecular weight is 413 g/mol. The molecule has 0 atom stereocenters. The Balaban J connectivity index is 1.34. The summed E-state index contributed by atoms with van der Waals surface area (Å²) in [4.78, 5) is 40.1. The SMILES string of the molecule is Cc1cc(N2CCN(C(=O)C(=O)Nc3ccc4c(c3)CC(=O)N4)CC2)ccc1Cl. The van der Waals surface area contributed by atoms with Gasteiger partial charge in [0.2, 0.25) is 5.91 Å². The largest absolute Gasteiger partial charge is 0.368 e. The van der Waals surface area contributed by atoms with Crippen molar-refractivity contribution in [3.63, 3.8) is 0 Å². The number of piperazine rings is 1. The molecule has 7 nitrogen and oxygen atoms in total. The highest BCUT2D eigenvalue weighted by Gasteiger charge is 2.27. The molecule has 29 heavy (non-hydrogen) atoms. The van der Waals surface area contributed by atoms with Crippen molar-refractivity contribution in [2.24, 2.45) is 0 Å². The molecule has 2 aliphatic heterocycles. The van der Waals surface area contributed by atoms with Gasteiger partial charge < -0.3 is 20.4 Å². The number of fused-ring (bicyclic) bond motifs is 1. The van der Waals surface area contributed by atoms with Crippen molar-refractivity contribution in [2.45, 2.75) is 13.3 Å². The Bertz CT molecular complexity index is 999. The van der Waals surface area contributed by atoms with Crippen molar-refractivity contribution in [3.05, 3.63) is 52.5 Å². The highest BCUT2D eigenvalue weighted by atomic mass is 35.5. The van der Waals surface area contributed by atoms with Crippen LogP contribution < -0.4 is 15.5 Å². The molecular formula is C21H21ClN4O3. The second-order valence-electron chi connectivity index (χ2n) is 7.26. The number of nitrogens with one attached hydrogen (secondary N) is 2. The number of carbonyl (C=O) groups is 3. The van der Waals surface area contributed by atoms with E-state index in [-0.39, 0.29) is 12.3 Å². The van der Waals surface area contributed by atoms with Crippen LogP contribution in [-0.4, -0.2) is 48.8 Å². The van der Waals surface area contributed by atoms with E-state index in [1.54, 1.807) is 23.1 Å². The molecule has 4 rings (SSSR count). The van der Waals surface area contributed by atoms with Gasteiger partial charge in [0.15, 0.2) is 0 Å². The molecule has 0 aromatic heterocycles. The Hall–Kier alpha value is -3.06. The predicted molar refractivity (Wildman–Crippen MR) is 112 cm³/mol. The summed E-state index contributed by atoms with van der Waals surface area (Å²) in [5.41, 5.74) is 4.13. The Kier molecular flexibility index (Phi) is 5.15. The first kappa shape index (κ1) is 19.3. The van der Waals surface area contributed by atoms with Gasteiger partial charge >= 0.3 is 11.8 Å². The third-order valence-corrected chi connectivity index (χ3v) is 5.68. The van der Waals surface area contributed by atoms with E-state index in [0.717, 1.165) is 27.5 Å². The molecule has 2 aromatic carbocycles. The van der Waals surface area contributed by atoms with Gasteiger partial charge in [-0.25, -0.2) is 0 Å². The first-order valence-corrected chi connectivity index (χ1v) is 9.82. The lowest BCUT2D eigenvalue weighted by atomic mass is 10.1. The Morgan fingerprint density at radius 3 is 2.55 bits per heavy atom. The van der Waals surface area contributed by atoms with E-state index < -0.39 is 11.8 Å². The minimum atomic E-state index is -0.668. The van der Waals surface area contributed by atoms with Crippen molar-refractivity contribution >= 4 is 46.4 Å². The van der Waals surface area contributed by atoms with Crippen LogP contribution in [0.1, 0.15) is 11.1 Å². The fourth-order valence-corrected chi connectivity index (χ4v) is 3.75. The maximum absolute atomic E-state index is 12.5. The van der Waals surface area contributed by atoms with Crippen molar-refractivity contribution in [1.82, 2.24) is 4.90 Å². The van der Waals surface area contributed by atoms with E-state index in [0.29, 0.717) is 31.9 Å². The predicted octanol–water partition coefficient (Wildman–Crippen LogP) is 2.43. The third kappa shape index (κ3) is 4.05. The molecule has 1 saturated heterocycles. The number of aryl methyl sites for hydroxylation is 1. The summed E-state index contributed by atoms with van der Waals surface area (Å²) in [5, 5.41) is 6.11. The molecule has 0 bridgehead atoms. The second kappa shape index (κ2) is 7.75. The monoisotopic (exact) mass is 412 g/mol. The van der Waals surface area contributed by atoms with Crippen molar-refractivity contribution in [3.8, 4) is 0 Å². The van der Waals surface area contributed by atoms with Crippen LogP contribution in [0.5, 0.6) is 0 Å². The van der Waals surface area contributed by atoms with E-state index in [1.165, 1.54) is 0 Å². The Morgan fingerprint density at radius 1 is 1.07 bits per heavy atom. The summed E-state index contributed by atoms with van der Waals surface area (Å²) in [6.07, 6.45) is 0.277. The summed E-state index contributed by atoms with van der Waals surface area (Å²) in [5.74, 6) is -1.29. The minimum absolute atomic E-state index is 0.0756. The molecule has 2 N–H and O–H groups in total. The smallest absolute Gasteiger partial charge is 0.313 e. The zero-order valence-electron chi connectivity index (χ0n) is 16.0. The summed E-state index contributed by atoms with van der Waals surface area (Å²) < 4.78 is 0. The molecule has 8 heteroatoms. The van der Waals surface area contributed by atoms with Gasteiger partial charge in [-0.15, -0.1) is 0 Å². The summed E-state index contributed by atoms with van der Waals surface area (Å²) >= 11 is 6.09. The lowest BCUT2D eigenvalue weighted by Gasteiger charge is -2.36. The minimum Gasteiger partial charge on any atom is -0.368 e. The van der Waals surface area contributed by atoms with Gasteiger partial charge in [0, 0.05) is 48.3 Å². The van der Waals surface area contributed by atoms with E-state index >= 15 is 0 Å². The number of hydrogen-bond donors (Lipinski definition) is 2. The van der Waals surface area contributed by atoms with Crippen LogP contribution in [0, 0.1) is 6.92 Å². The first-order valence-electron chi connectivity index (χ1n) is 9.45. The molecular weight excluding hydrogens is 392 g/mol. The van der Waals surface area contributed by atoms with Crippen LogP contribution in [0.2, 0.25) is 5.02 Å². The molecule has 1 fully saturated rings. The number of nitrogens with zero attached hydrogens (tertiary/aromatic N) is 2. The van der Waals surface area contributed by atoms with E-state index in [1.807, 2.05) is 25.1 Å². The van der Waals surface area contributed by atoms with E-state index in [2.05, 4.69) is 15.5 Å². The molecule has 0 unspecified atom stereocenters. The Morgan fingerprint density at radius 2 is 1.83 bits per heavy atom. The lowest BCUT2D eigenvalue weighted by molar-refractivity contribution is -0.143. The third-order valence-electron chi connectivity index (χ3n) is 5.26. The van der Waals surface area contributed by atoms with Gasteiger partial charge in [0.1, 0.15) is 0 Å². The van der Waals surface area contributed by atoms with Crippen molar-refractivity contribution in [1.29, 1.82) is 0 Å². The Labute approximate surface area is 173 Å². The molecule has 0 aliphatic carbocycles. The zero-order valence-corrected chi connectivity index (χ0v) is 16.8. The van der Waals surface area contributed by atoms with Crippen LogP contribution >= 0.6 is 11.6 Å². The van der Waals surface area contributed by atoms with E-state index in [9.17, 15) is 14.4 Å². The van der Waals surface area contributed by atoms with Crippen LogP contribution in [0.3, 0.4) is 0 Å². The normalized spacial score (nSPS) is 15.7. The first-order chi connectivity index (χ1) is 13.9. The quantitative estimate of drug-likeness (QED) is 0.742. The van der Waals surface area contributed by atoms with Crippen LogP contribution in [0.4, 0.5) is 17.1 Å². The fourth-order valence-electron chi connectivity index (χ4n) is 3.63. The number of amides is 3. The molecule has 2 heterocycles. The van der Waals surface area contributed by atoms with Gasteiger partial charge in [0.25, 0.3) is 0 Å². The molecule has 0 radical (unpaired) electrons. The standard InChI is InChI=1S/C21H21ClN4O3/c1-13-10-16(3-4-17(13)22)25-6-8-26(9-7-25)21(29)20(28)23-15-2-5-18-14(11-15)12-19(27)24-18/h2-5,10-11H,6-9,12H2,1H3,(H,23,28)(H,24,27). The van der Waals surface area contributed by atoms with Gasteiger partial charge in [-0.3, -0.25) is 14.4 Å². The molecule has 3 amide bonds. The number of carbonyl (C=O) groups excluding carboxylic acids is 3. The van der Waals surface area contributed by atoms with Crippen LogP contribution in [-0.2, 0) is 20.8 Å². The topological polar surface area (TPSA) is 81.8 Å². The summed E-state index contributed by atoms with van der Waals surface area (Å²) in [6, 6.07) is 11.0.